The third-order valence-corrected chi connectivity index (χ3v) is 4.85. The molecule has 0 fully saturated rings. The number of methoxy groups -OCH3 is 2. The van der Waals surface area contributed by atoms with E-state index in [0.717, 1.165) is 0 Å². The van der Waals surface area contributed by atoms with Crippen molar-refractivity contribution in [3.63, 3.8) is 0 Å². The number of halogens is 1. The van der Waals surface area contributed by atoms with E-state index in [-0.39, 0.29) is 0 Å². The monoisotopic (exact) mass is 482 g/mol. The molecule has 0 aliphatic rings. The quantitative estimate of drug-likeness (QED) is 0.209. The maximum absolute atomic E-state index is 12.4. The van der Waals surface area contributed by atoms with E-state index in [1.165, 1.54) is 20.4 Å². The Labute approximate surface area is 202 Å². The third kappa shape index (κ3) is 6.73. The zero-order chi connectivity index (χ0) is 24.5. The van der Waals surface area contributed by atoms with Crippen LogP contribution in [0.4, 0.5) is 0 Å². The molecule has 3 aromatic rings. The maximum Gasteiger partial charge on any atom is 0.343 e. The lowest BCUT2D eigenvalue weighted by atomic mass is 10.2. The number of amides is 1. The molecule has 0 radical (unpaired) electrons. The van der Waals surface area contributed by atoms with Crippen LogP contribution in [0, 0.1) is 0 Å². The molecule has 0 saturated heterocycles. The van der Waals surface area contributed by atoms with E-state index in [1.54, 1.807) is 73.7 Å². The van der Waals surface area contributed by atoms with Crippen molar-refractivity contribution in [3.05, 3.63) is 82.9 Å². The molecule has 1 atom stereocenters. The van der Waals surface area contributed by atoms with Crippen molar-refractivity contribution in [1.29, 1.82) is 0 Å². The predicted molar refractivity (Wildman–Crippen MR) is 128 cm³/mol. The average Bonchev–Trinajstić information content (AvgIpc) is 2.85. The standard InChI is InChI=1S/C25H23ClN2O6/c1-16(33-20-11-7-19(26)8-12-20)24(29)28-27-15-17-4-9-21(10-5-17)34-25(30)18-6-13-22(31-2)23(14-18)32-3/h4-16H,1-3H3,(H,28,29)/b27-15-/t16-/m1/s1. The molecule has 0 bridgehead atoms. The van der Waals surface area contributed by atoms with Gasteiger partial charge in [-0.1, -0.05) is 11.6 Å². The number of hydrazone groups is 1. The molecular formula is C25H23ClN2O6. The van der Waals surface area contributed by atoms with E-state index in [2.05, 4.69) is 10.5 Å². The van der Waals surface area contributed by atoms with Gasteiger partial charge in [0.25, 0.3) is 5.91 Å². The van der Waals surface area contributed by atoms with Crippen molar-refractivity contribution in [3.8, 4) is 23.0 Å². The number of nitrogens with one attached hydrogen (secondary N) is 1. The van der Waals surface area contributed by atoms with Gasteiger partial charge in [0.05, 0.1) is 26.0 Å². The maximum atomic E-state index is 12.4. The molecule has 8 nitrogen and oxygen atoms in total. The number of rotatable bonds is 9. The lowest BCUT2D eigenvalue weighted by Gasteiger charge is -2.12. The van der Waals surface area contributed by atoms with Crippen LogP contribution in [0.2, 0.25) is 5.02 Å². The van der Waals surface area contributed by atoms with Crippen LogP contribution in [0.25, 0.3) is 0 Å². The zero-order valence-electron chi connectivity index (χ0n) is 18.8. The second-order valence-corrected chi connectivity index (χ2v) is 7.41. The van der Waals surface area contributed by atoms with Crippen molar-refractivity contribution in [2.75, 3.05) is 14.2 Å². The molecule has 0 aliphatic heterocycles. The van der Waals surface area contributed by atoms with Crippen LogP contribution in [0.15, 0.2) is 71.8 Å². The first-order valence-corrected chi connectivity index (χ1v) is 10.6. The number of esters is 1. The number of carbonyl (C=O) groups is 2. The highest BCUT2D eigenvalue weighted by atomic mass is 35.5. The minimum Gasteiger partial charge on any atom is -0.493 e. The molecule has 0 aromatic heterocycles. The van der Waals surface area contributed by atoms with Gasteiger partial charge in [0.1, 0.15) is 11.5 Å². The number of ether oxygens (including phenoxy) is 4. The summed E-state index contributed by atoms with van der Waals surface area (Å²) in [5.74, 6) is 0.871. The van der Waals surface area contributed by atoms with E-state index < -0.39 is 18.0 Å². The Morgan fingerprint density at radius 1 is 0.912 bits per heavy atom. The van der Waals surface area contributed by atoms with Gasteiger partial charge in [-0.3, -0.25) is 4.79 Å². The molecule has 1 N–H and O–H groups in total. The first-order valence-electron chi connectivity index (χ1n) is 10.2. The summed E-state index contributed by atoms with van der Waals surface area (Å²) in [4.78, 5) is 24.6. The Morgan fingerprint density at radius 3 is 2.21 bits per heavy atom. The number of carbonyl (C=O) groups excluding carboxylic acids is 2. The summed E-state index contributed by atoms with van der Waals surface area (Å²) in [6.07, 6.45) is 0.712. The Bertz CT molecular complexity index is 1160. The normalized spacial score (nSPS) is 11.5. The van der Waals surface area contributed by atoms with Crippen molar-refractivity contribution < 1.29 is 28.5 Å². The molecule has 1 amide bonds. The molecule has 0 heterocycles. The van der Waals surface area contributed by atoms with Crippen molar-refractivity contribution in [2.45, 2.75) is 13.0 Å². The largest absolute Gasteiger partial charge is 0.493 e. The lowest BCUT2D eigenvalue weighted by Crippen LogP contribution is -2.33. The first-order chi connectivity index (χ1) is 16.4. The third-order valence-electron chi connectivity index (χ3n) is 4.59. The summed E-state index contributed by atoms with van der Waals surface area (Å²) in [6.45, 7) is 1.61. The predicted octanol–water partition coefficient (Wildman–Crippen LogP) is 4.49. The molecule has 3 rings (SSSR count). The van der Waals surface area contributed by atoms with Crippen molar-refractivity contribution in [2.24, 2.45) is 5.10 Å². The fourth-order valence-corrected chi connectivity index (χ4v) is 2.91. The highest BCUT2D eigenvalue weighted by molar-refractivity contribution is 6.30. The minimum atomic E-state index is -0.753. The van der Waals surface area contributed by atoms with Crippen LogP contribution in [-0.4, -0.2) is 38.4 Å². The van der Waals surface area contributed by atoms with Crippen LogP contribution in [0.5, 0.6) is 23.0 Å². The van der Waals surface area contributed by atoms with E-state index in [1.807, 2.05) is 0 Å². The van der Waals surface area contributed by atoms with Crippen LogP contribution in [0.1, 0.15) is 22.8 Å². The number of nitrogens with zero attached hydrogens (tertiary/aromatic N) is 1. The van der Waals surface area contributed by atoms with Gasteiger partial charge in [0, 0.05) is 5.02 Å². The van der Waals surface area contributed by atoms with Gasteiger partial charge in [-0.2, -0.15) is 5.10 Å². The van der Waals surface area contributed by atoms with Gasteiger partial charge in [0.15, 0.2) is 17.6 Å². The Hall–Kier alpha value is -4.04. The van der Waals surface area contributed by atoms with Crippen LogP contribution in [-0.2, 0) is 4.79 Å². The SMILES string of the molecule is COc1ccc(C(=O)Oc2ccc(/C=N\NC(=O)[C@@H](C)Oc3ccc(Cl)cc3)cc2)cc1OC. The van der Waals surface area contributed by atoms with E-state index >= 15 is 0 Å². The summed E-state index contributed by atoms with van der Waals surface area (Å²) in [5.41, 5.74) is 3.44. The molecule has 176 valence electrons. The van der Waals surface area contributed by atoms with Crippen molar-refractivity contribution >= 4 is 29.7 Å². The number of hydrogen-bond donors (Lipinski definition) is 1. The second-order valence-electron chi connectivity index (χ2n) is 6.98. The zero-order valence-corrected chi connectivity index (χ0v) is 19.5. The molecule has 3 aromatic carbocycles. The van der Waals surface area contributed by atoms with Gasteiger partial charge in [0.2, 0.25) is 0 Å². The molecule has 0 aliphatic carbocycles. The van der Waals surface area contributed by atoms with Gasteiger partial charge in [-0.25, -0.2) is 10.2 Å². The molecule has 0 saturated carbocycles. The Morgan fingerprint density at radius 2 is 1.56 bits per heavy atom. The van der Waals surface area contributed by atoms with Crippen molar-refractivity contribution in [1.82, 2.24) is 5.43 Å². The van der Waals surface area contributed by atoms with E-state index in [4.69, 9.17) is 30.5 Å². The summed E-state index contributed by atoms with van der Waals surface area (Å²) in [7, 11) is 3.00. The van der Waals surface area contributed by atoms with E-state index in [9.17, 15) is 9.59 Å². The second kappa shape index (κ2) is 11.7. The molecular weight excluding hydrogens is 460 g/mol. The summed E-state index contributed by atoms with van der Waals surface area (Å²) >= 11 is 5.83. The molecule has 34 heavy (non-hydrogen) atoms. The minimum absolute atomic E-state index is 0.320. The van der Waals surface area contributed by atoms with Gasteiger partial charge < -0.3 is 18.9 Å². The lowest BCUT2D eigenvalue weighted by molar-refractivity contribution is -0.127. The highest BCUT2D eigenvalue weighted by Gasteiger charge is 2.14. The number of hydrogen-bond acceptors (Lipinski definition) is 7. The fourth-order valence-electron chi connectivity index (χ4n) is 2.78. The van der Waals surface area contributed by atoms with E-state index in [0.29, 0.717) is 39.1 Å². The van der Waals surface area contributed by atoms with Gasteiger partial charge in [-0.15, -0.1) is 0 Å². The Kier molecular flexibility index (Phi) is 8.48. The summed E-state index contributed by atoms with van der Waals surface area (Å²) < 4.78 is 21.3. The van der Waals surface area contributed by atoms with Crippen LogP contribution < -0.4 is 24.4 Å². The smallest absolute Gasteiger partial charge is 0.343 e. The Balaban J connectivity index is 1.52. The summed E-state index contributed by atoms with van der Waals surface area (Å²) in [6, 6.07) is 18.1. The molecule has 9 heteroatoms. The fraction of sp³-hybridized carbons (Fsp3) is 0.160. The van der Waals surface area contributed by atoms with Crippen LogP contribution in [0.3, 0.4) is 0 Å². The molecule has 0 spiro atoms. The topological polar surface area (TPSA) is 95.5 Å². The van der Waals surface area contributed by atoms with Gasteiger partial charge in [-0.05, 0) is 79.2 Å². The van der Waals surface area contributed by atoms with Gasteiger partial charge >= 0.3 is 5.97 Å². The number of benzene rings is 3. The molecule has 0 unspecified atom stereocenters. The average molecular weight is 483 g/mol. The summed E-state index contributed by atoms with van der Waals surface area (Å²) in [5, 5.41) is 4.51. The van der Waals surface area contributed by atoms with Crippen LogP contribution >= 0.6 is 11.6 Å². The highest BCUT2D eigenvalue weighted by Crippen LogP contribution is 2.28. The first kappa shape index (κ1) is 24.6.